The normalized spacial score (nSPS) is 36.1. The topological polar surface area (TPSA) is 41.1 Å². The van der Waals surface area contributed by atoms with E-state index in [1.807, 2.05) is 0 Å². The van der Waals surface area contributed by atoms with Crippen LogP contribution >= 0.6 is 0 Å². The van der Waals surface area contributed by atoms with Crippen LogP contribution in [0, 0.1) is 22.7 Å². The minimum atomic E-state index is 0.145. The van der Waals surface area contributed by atoms with Gasteiger partial charge in [-0.3, -0.25) is 4.79 Å². The van der Waals surface area contributed by atoms with Gasteiger partial charge >= 0.3 is 0 Å². The molecule has 0 aromatic carbocycles. The van der Waals surface area contributed by atoms with E-state index in [2.05, 4.69) is 45.3 Å². The molecule has 2 fully saturated rings. The maximum Gasteiger partial charge on any atom is 0.224 e. The van der Waals surface area contributed by atoms with Gasteiger partial charge in [0.2, 0.25) is 5.91 Å². The molecule has 1 saturated carbocycles. The highest BCUT2D eigenvalue weighted by Crippen LogP contribution is 2.68. The Balaban J connectivity index is 1.96. The second kappa shape index (κ2) is 3.46. The summed E-state index contributed by atoms with van der Waals surface area (Å²) in [5.74, 6) is 0.970. The highest BCUT2D eigenvalue weighted by molar-refractivity contribution is 5.84. The molecule has 1 amide bonds. The molecule has 1 saturated heterocycles. The third-order valence-electron chi connectivity index (χ3n) is 5.13. The van der Waals surface area contributed by atoms with Gasteiger partial charge in [0.15, 0.2) is 0 Å². The number of carbonyl (C=O) groups excluding carboxylic acids is 1. The van der Waals surface area contributed by atoms with Gasteiger partial charge < -0.3 is 10.6 Å². The summed E-state index contributed by atoms with van der Waals surface area (Å²) in [5, 5.41) is 6.51. The number of amides is 1. The number of hydrogen-bond acceptors (Lipinski definition) is 2. The van der Waals surface area contributed by atoms with E-state index in [0.717, 1.165) is 13.1 Å². The molecule has 0 bridgehead atoms. The highest BCUT2D eigenvalue weighted by atomic mass is 16.2. The Labute approximate surface area is 98.4 Å². The predicted molar refractivity (Wildman–Crippen MR) is 65.0 cm³/mol. The van der Waals surface area contributed by atoms with Crippen LogP contribution in [-0.2, 0) is 4.79 Å². The third-order valence-corrected chi connectivity index (χ3v) is 5.13. The molecule has 1 aliphatic heterocycles. The molecule has 0 radical (unpaired) electrons. The lowest BCUT2D eigenvalue weighted by atomic mass is 10.0. The molecule has 1 heterocycles. The first-order chi connectivity index (χ1) is 7.28. The molecule has 2 aliphatic rings. The molecule has 3 heteroatoms. The molecule has 2 rings (SSSR count). The smallest absolute Gasteiger partial charge is 0.224 e. The molecular formula is C13H24N2O. The first-order valence-corrected chi connectivity index (χ1v) is 6.29. The number of rotatable bonds is 2. The summed E-state index contributed by atoms with van der Waals surface area (Å²) in [7, 11) is 0. The standard InChI is InChI=1S/C13H24N2O/c1-8-6-14-7-9(8)15-11(16)10-12(2,3)13(10,4)5/h8-10,14H,6-7H2,1-5H3,(H,15,16). The highest BCUT2D eigenvalue weighted by Gasteiger charge is 2.68. The molecule has 2 atom stereocenters. The Bertz CT molecular complexity index is 295. The molecule has 1 aliphatic carbocycles. The van der Waals surface area contributed by atoms with Crippen molar-refractivity contribution in [1.29, 1.82) is 0 Å². The van der Waals surface area contributed by atoms with Gasteiger partial charge in [-0.15, -0.1) is 0 Å². The van der Waals surface area contributed by atoms with E-state index < -0.39 is 0 Å². The van der Waals surface area contributed by atoms with Crippen molar-refractivity contribution in [3.8, 4) is 0 Å². The summed E-state index contributed by atoms with van der Waals surface area (Å²) in [5.41, 5.74) is 0.290. The van der Waals surface area contributed by atoms with Gasteiger partial charge in [0.25, 0.3) is 0 Å². The molecule has 3 nitrogen and oxygen atoms in total. The molecule has 0 aromatic rings. The fourth-order valence-corrected chi connectivity index (χ4v) is 3.12. The van der Waals surface area contributed by atoms with Gasteiger partial charge in [0, 0.05) is 18.5 Å². The minimum absolute atomic E-state index is 0.145. The van der Waals surface area contributed by atoms with Crippen molar-refractivity contribution < 1.29 is 4.79 Å². The summed E-state index contributed by atoms with van der Waals surface area (Å²) in [6.07, 6.45) is 0. The van der Waals surface area contributed by atoms with E-state index in [9.17, 15) is 4.79 Å². The zero-order valence-electron chi connectivity index (χ0n) is 11.1. The SMILES string of the molecule is CC1CNCC1NC(=O)C1C(C)(C)C1(C)C. The molecule has 92 valence electrons. The summed E-state index contributed by atoms with van der Waals surface area (Å²) in [6.45, 7) is 12.9. The fourth-order valence-electron chi connectivity index (χ4n) is 3.12. The predicted octanol–water partition coefficient (Wildman–Crippen LogP) is 1.39. The molecule has 2 unspecified atom stereocenters. The number of hydrogen-bond donors (Lipinski definition) is 2. The van der Waals surface area contributed by atoms with E-state index in [1.54, 1.807) is 0 Å². The third kappa shape index (κ3) is 1.56. The maximum atomic E-state index is 12.2. The fraction of sp³-hybridized carbons (Fsp3) is 0.923. The summed E-state index contributed by atoms with van der Waals surface area (Å²) >= 11 is 0. The van der Waals surface area contributed by atoms with Crippen molar-refractivity contribution in [3.05, 3.63) is 0 Å². The molecule has 0 spiro atoms. The van der Waals surface area contributed by atoms with Crippen LogP contribution < -0.4 is 10.6 Å². The van der Waals surface area contributed by atoms with Crippen LogP contribution in [0.1, 0.15) is 34.6 Å². The molecule has 16 heavy (non-hydrogen) atoms. The average molecular weight is 224 g/mol. The van der Waals surface area contributed by atoms with Gasteiger partial charge in [-0.2, -0.15) is 0 Å². The van der Waals surface area contributed by atoms with E-state index >= 15 is 0 Å². The van der Waals surface area contributed by atoms with Gasteiger partial charge in [-0.1, -0.05) is 34.6 Å². The Hall–Kier alpha value is -0.570. The number of carbonyl (C=O) groups is 1. The molecule has 2 N–H and O–H groups in total. The Morgan fingerprint density at radius 1 is 1.19 bits per heavy atom. The van der Waals surface area contributed by atoms with Crippen molar-refractivity contribution >= 4 is 5.91 Å². The van der Waals surface area contributed by atoms with Crippen LogP contribution in [0.2, 0.25) is 0 Å². The Kier molecular flexibility index (Phi) is 2.57. The summed E-state index contributed by atoms with van der Waals surface area (Å²) < 4.78 is 0. The van der Waals surface area contributed by atoms with E-state index in [4.69, 9.17) is 0 Å². The summed E-state index contributed by atoms with van der Waals surface area (Å²) in [6, 6.07) is 0.319. The van der Waals surface area contributed by atoms with Crippen LogP contribution in [0.15, 0.2) is 0 Å². The second-order valence-corrected chi connectivity index (χ2v) is 6.63. The van der Waals surface area contributed by atoms with Gasteiger partial charge in [-0.25, -0.2) is 0 Å². The first-order valence-electron chi connectivity index (χ1n) is 6.29. The summed E-state index contributed by atoms with van der Waals surface area (Å²) in [4.78, 5) is 12.2. The van der Waals surface area contributed by atoms with Crippen LogP contribution in [-0.4, -0.2) is 25.0 Å². The Morgan fingerprint density at radius 3 is 2.12 bits per heavy atom. The van der Waals surface area contributed by atoms with Crippen molar-refractivity contribution in [3.63, 3.8) is 0 Å². The van der Waals surface area contributed by atoms with Gasteiger partial charge in [-0.05, 0) is 23.3 Å². The van der Waals surface area contributed by atoms with E-state index in [1.165, 1.54) is 0 Å². The Morgan fingerprint density at radius 2 is 1.75 bits per heavy atom. The largest absolute Gasteiger partial charge is 0.351 e. The molecular weight excluding hydrogens is 200 g/mol. The maximum absolute atomic E-state index is 12.2. The lowest BCUT2D eigenvalue weighted by molar-refractivity contribution is -0.124. The first kappa shape index (κ1) is 11.9. The average Bonchev–Trinajstić information content (AvgIpc) is 2.44. The van der Waals surface area contributed by atoms with Gasteiger partial charge in [0.1, 0.15) is 0 Å². The van der Waals surface area contributed by atoms with Crippen LogP contribution in [0.5, 0.6) is 0 Å². The zero-order valence-corrected chi connectivity index (χ0v) is 11.1. The lowest BCUT2D eigenvalue weighted by Crippen LogP contribution is -2.41. The zero-order chi connectivity index (χ0) is 12.1. The van der Waals surface area contributed by atoms with Crippen LogP contribution in [0.3, 0.4) is 0 Å². The van der Waals surface area contributed by atoms with Crippen molar-refractivity contribution in [1.82, 2.24) is 10.6 Å². The second-order valence-electron chi connectivity index (χ2n) is 6.63. The molecule has 0 aromatic heterocycles. The van der Waals surface area contributed by atoms with Gasteiger partial charge in [0.05, 0.1) is 0 Å². The van der Waals surface area contributed by atoms with Crippen LogP contribution in [0.25, 0.3) is 0 Å². The van der Waals surface area contributed by atoms with E-state index in [-0.39, 0.29) is 22.7 Å². The van der Waals surface area contributed by atoms with Crippen molar-refractivity contribution in [2.24, 2.45) is 22.7 Å². The number of nitrogens with one attached hydrogen (secondary N) is 2. The van der Waals surface area contributed by atoms with E-state index in [0.29, 0.717) is 12.0 Å². The van der Waals surface area contributed by atoms with Crippen LogP contribution in [0.4, 0.5) is 0 Å². The monoisotopic (exact) mass is 224 g/mol. The minimum Gasteiger partial charge on any atom is -0.351 e. The quantitative estimate of drug-likeness (QED) is 0.744. The lowest BCUT2D eigenvalue weighted by Gasteiger charge is -2.17. The van der Waals surface area contributed by atoms with Crippen molar-refractivity contribution in [2.75, 3.05) is 13.1 Å². The van der Waals surface area contributed by atoms with Crippen molar-refractivity contribution in [2.45, 2.75) is 40.7 Å².